The van der Waals surface area contributed by atoms with Gasteiger partial charge in [-0.2, -0.15) is 0 Å². The van der Waals surface area contributed by atoms with Gasteiger partial charge in [0.15, 0.2) is 0 Å². The first-order chi connectivity index (χ1) is 15.7. The second kappa shape index (κ2) is 7.57. The molecule has 5 aliphatic rings. The van der Waals surface area contributed by atoms with Gasteiger partial charge in [0.05, 0.1) is 18.3 Å². The van der Waals surface area contributed by atoms with E-state index < -0.39 is 0 Å². The molecule has 0 aliphatic heterocycles. The standard InChI is InChI=1S/C31H52O3/c1-18-16-25(34-9)31(8)24(33)17-30(7)20(26(31)19(18)2)10-11-22-28(5)14-13-23(32)27(3,4)21(28)12-15-29(22,30)6/h16,19-26,32-33H,10-15,17H2,1-9H3/t19-,20-,21+,22-,23+,24+,25?,26-,28+,29-,30-,31+/m1/s1. The van der Waals surface area contributed by atoms with E-state index in [1.54, 1.807) is 0 Å². The minimum Gasteiger partial charge on any atom is -0.393 e. The van der Waals surface area contributed by atoms with Gasteiger partial charge in [0.1, 0.15) is 0 Å². The van der Waals surface area contributed by atoms with E-state index in [-0.39, 0.29) is 45.4 Å². The summed E-state index contributed by atoms with van der Waals surface area (Å²) in [6.45, 7) is 19.4. The fraction of sp³-hybridized carbons (Fsp3) is 0.935. The fourth-order valence-corrected chi connectivity index (χ4v) is 11.6. The molecule has 194 valence electrons. The Kier molecular flexibility index (Phi) is 5.63. The van der Waals surface area contributed by atoms with Gasteiger partial charge in [-0.05, 0) is 103 Å². The average molecular weight is 473 g/mol. The van der Waals surface area contributed by atoms with Crippen LogP contribution in [0.25, 0.3) is 0 Å². The Morgan fingerprint density at radius 2 is 1.53 bits per heavy atom. The number of aliphatic hydroxyl groups is 2. The van der Waals surface area contributed by atoms with Gasteiger partial charge in [0.25, 0.3) is 0 Å². The summed E-state index contributed by atoms with van der Waals surface area (Å²) in [4.78, 5) is 0. The van der Waals surface area contributed by atoms with E-state index in [0.717, 1.165) is 19.3 Å². The maximum Gasteiger partial charge on any atom is 0.0835 e. The van der Waals surface area contributed by atoms with Crippen molar-refractivity contribution in [1.29, 1.82) is 0 Å². The van der Waals surface area contributed by atoms with Crippen molar-refractivity contribution >= 4 is 0 Å². The maximum absolute atomic E-state index is 12.0. The number of hydrogen-bond acceptors (Lipinski definition) is 3. The highest BCUT2D eigenvalue weighted by molar-refractivity contribution is 5.26. The van der Waals surface area contributed by atoms with Gasteiger partial charge in [0, 0.05) is 12.5 Å². The van der Waals surface area contributed by atoms with Gasteiger partial charge in [-0.1, -0.05) is 60.1 Å². The number of ether oxygens (including phenoxy) is 1. The third kappa shape index (κ3) is 2.82. The van der Waals surface area contributed by atoms with Crippen LogP contribution in [0.3, 0.4) is 0 Å². The molecule has 3 heteroatoms. The third-order valence-electron chi connectivity index (χ3n) is 13.9. The number of aliphatic hydroxyl groups excluding tert-OH is 2. The first-order valence-corrected chi connectivity index (χ1v) is 14.3. The van der Waals surface area contributed by atoms with Crippen LogP contribution < -0.4 is 0 Å². The molecule has 3 nitrogen and oxygen atoms in total. The van der Waals surface area contributed by atoms with Crippen molar-refractivity contribution < 1.29 is 14.9 Å². The Bertz CT molecular complexity index is 863. The van der Waals surface area contributed by atoms with Crippen LogP contribution in [0.5, 0.6) is 0 Å². The first kappa shape index (κ1) is 25.3. The van der Waals surface area contributed by atoms with Crippen LogP contribution in [0, 0.1) is 56.7 Å². The molecule has 34 heavy (non-hydrogen) atoms. The number of methoxy groups -OCH3 is 1. The molecule has 5 aliphatic carbocycles. The van der Waals surface area contributed by atoms with Crippen LogP contribution in [-0.4, -0.2) is 35.6 Å². The summed E-state index contributed by atoms with van der Waals surface area (Å²) in [5.74, 6) is 2.78. The largest absolute Gasteiger partial charge is 0.393 e. The van der Waals surface area contributed by atoms with Crippen LogP contribution in [0.2, 0.25) is 0 Å². The van der Waals surface area contributed by atoms with Crippen molar-refractivity contribution in [1.82, 2.24) is 0 Å². The van der Waals surface area contributed by atoms with Crippen LogP contribution in [0.15, 0.2) is 11.6 Å². The lowest BCUT2D eigenvalue weighted by Crippen LogP contribution is -2.70. The number of allylic oxidation sites excluding steroid dienone is 1. The summed E-state index contributed by atoms with van der Waals surface area (Å²) >= 11 is 0. The molecule has 0 aromatic carbocycles. The summed E-state index contributed by atoms with van der Waals surface area (Å²) < 4.78 is 6.06. The fourth-order valence-electron chi connectivity index (χ4n) is 11.6. The Morgan fingerprint density at radius 3 is 2.18 bits per heavy atom. The molecule has 0 spiro atoms. The van der Waals surface area contributed by atoms with Crippen molar-refractivity contribution in [3.8, 4) is 0 Å². The van der Waals surface area contributed by atoms with Crippen molar-refractivity contribution in [3.05, 3.63) is 11.6 Å². The lowest BCUT2D eigenvalue weighted by atomic mass is 9.31. The minimum atomic E-state index is -0.346. The maximum atomic E-state index is 12.0. The molecule has 0 amide bonds. The lowest BCUT2D eigenvalue weighted by molar-refractivity contribution is -0.277. The topological polar surface area (TPSA) is 49.7 Å². The second-order valence-corrected chi connectivity index (χ2v) is 15.0. The van der Waals surface area contributed by atoms with Gasteiger partial charge in [-0.25, -0.2) is 0 Å². The molecular formula is C31H52O3. The van der Waals surface area contributed by atoms with Crippen LogP contribution >= 0.6 is 0 Å². The van der Waals surface area contributed by atoms with Crippen molar-refractivity contribution in [2.24, 2.45) is 56.7 Å². The molecule has 0 radical (unpaired) electrons. The van der Waals surface area contributed by atoms with Gasteiger partial charge in [-0.3, -0.25) is 0 Å². The highest BCUT2D eigenvalue weighted by Crippen LogP contribution is 2.76. The van der Waals surface area contributed by atoms with E-state index in [9.17, 15) is 10.2 Å². The zero-order valence-electron chi connectivity index (χ0n) is 23.4. The molecule has 2 N–H and O–H groups in total. The molecule has 5 rings (SSSR count). The molecule has 4 saturated carbocycles. The van der Waals surface area contributed by atoms with Gasteiger partial charge in [0.2, 0.25) is 0 Å². The monoisotopic (exact) mass is 472 g/mol. The zero-order chi connectivity index (χ0) is 25.1. The SMILES string of the molecule is COC1C=C(C)[C@@H](C)[C@@H]2[C@H]3CC[C@@H]4[C@@]5(C)CC[C@H](O)C(C)(C)[C@@H]5CC[C@@]4(C)[C@]3(C)C[C@H](O)[C@@]12C. The number of fused-ring (bicyclic) bond motifs is 7. The van der Waals surface area contributed by atoms with E-state index in [4.69, 9.17) is 4.74 Å². The normalized spacial score (nSPS) is 58.6. The zero-order valence-corrected chi connectivity index (χ0v) is 23.4. The van der Waals surface area contributed by atoms with E-state index in [0.29, 0.717) is 29.6 Å². The molecule has 0 aromatic heterocycles. The van der Waals surface area contributed by atoms with E-state index >= 15 is 0 Å². The third-order valence-corrected chi connectivity index (χ3v) is 13.9. The van der Waals surface area contributed by atoms with Crippen LogP contribution in [0.1, 0.15) is 100 Å². The molecule has 0 bridgehead atoms. The average Bonchev–Trinajstić information content (AvgIpc) is 2.75. The van der Waals surface area contributed by atoms with E-state index in [2.05, 4.69) is 61.5 Å². The minimum absolute atomic E-state index is 0.00679. The molecule has 0 aromatic rings. The summed E-state index contributed by atoms with van der Waals surface area (Å²) in [5.41, 5.74) is 1.83. The van der Waals surface area contributed by atoms with Crippen molar-refractivity contribution in [2.45, 2.75) is 119 Å². The quantitative estimate of drug-likeness (QED) is 0.422. The first-order valence-electron chi connectivity index (χ1n) is 14.3. The molecule has 0 saturated heterocycles. The van der Waals surface area contributed by atoms with Crippen LogP contribution in [-0.2, 0) is 4.74 Å². The summed E-state index contributed by atoms with van der Waals surface area (Å²) in [6, 6.07) is 0. The predicted molar refractivity (Wildman–Crippen MR) is 138 cm³/mol. The molecule has 0 heterocycles. The lowest BCUT2D eigenvalue weighted by Gasteiger charge is -2.74. The smallest absolute Gasteiger partial charge is 0.0835 e. The predicted octanol–water partition coefficient (Wildman–Crippen LogP) is 6.62. The van der Waals surface area contributed by atoms with E-state index in [1.165, 1.54) is 31.3 Å². The summed E-state index contributed by atoms with van der Waals surface area (Å²) in [5, 5.41) is 22.9. The Morgan fingerprint density at radius 1 is 0.853 bits per heavy atom. The van der Waals surface area contributed by atoms with Crippen molar-refractivity contribution in [3.63, 3.8) is 0 Å². The Hall–Kier alpha value is -0.380. The Balaban J connectivity index is 1.59. The molecular weight excluding hydrogens is 420 g/mol. The number of hydrogen-bond donors (Lipinski definition) is 2. The van der Waals surface area contributed by atoms with Gasteiger partial charge in [-0.15, -0.1) is 0 Å². The highest BCUT2D eigenvalue weighted by Gasteiger charge is 2.72. The highest BCUT2D eigenvalue weighted by atomic mass is 16.5. The molecule has 12 atom stereocenters. The van der Waals surface area contributed by atoms with Crippen molar-refractivity contribution in [2.75, 3.05) is 7.11 Å². The molecule has 4 fully saturated rings. The molecule has 1 unspecified atom stereocenters. The van der Waals surface area contributed by atoms with Gasteiger partial charge < -0.3 is 14.9 Å². The summed E-state index contributed by atoms with van der Waals surface area (Å²) in [6.07, 6.45) is 9.76. The van der Waals surface area contributed by atoms with E-state index in [1.807, 2.05) is 7.11 Å². The summed E-state index contributed by atoms with van der Waals surface area (Å²) in [7, 11) is 1.83. The number of rotatable bonds is 1. The second-order valence-electron chi connectivity index (χ2n) is 15.0. The Labute approximate surface area is 209 Å². The van der Waals surface area contributed by atoms with Crippen LogP contribution in [0.4, 0.5) is 0 Å². The van der Waals surface area contributed by atoms with Gasteiger partial charge >= 0.3 is 0 Å².